The highest BCUT2D eigenvalue weighted by atomic mass is 16.5. The molecule has 7 nitrogen and oxygen atoms in total. The number of hydrogen-bond donors (Lipinski definition) is 0. The summed E-state index contributed by atoms with van der Waals surface area (Å²) in [6.07, 6.45) is 13.8. The fourth-order valence-corrected chi connectivity index (χ4v) is 6.10. The molecule has 4 atom stereocenters. The number of nitrogens with zero attached hydrogens (tertiary/aromatic N) is 2. The number of allylic oxidation sites excluding steroid dienone is 1. The van der Waals surface area contributed by atoms with E-state index in [0.717, 1.165) is 32.1 Å². The van der Waals surface area contributed by atoms with E-state index in [4.69, 9.17) is 11.2 Å². The Morgan fingerprint density at radius 3 is 2.63 bits per heavy atom. The van der Waals surface area contributed by atoms with Gasteiger partial charge in [0.05, 0.1) is 36.9 Å². The van der Waals surface area contributed by atoms with Crippen molar-refractivity contribution in [2.45, 2.75) is 70.0 Å². The zero-order valence-electron chi connectivity index (χ0n) is 17.3. The van der Waals surface area contributed by atoms with Gasteiger partial charge < -0.3 is 14.5 Å². The summed E-state index contributed by atoms with van der Waals surface area (Å²) in [6, 6.07) is -1.14. The van der Waals surface area contributed by atoms with Gasteiger partial charge in [0, 0.05) is 12.5 Å². The van der Waals surface area contributed by atoms with Crippen LogP contribution in [0, 0.1) is 23.7 Å². The molecule has 0 aromatic carbocycles. The largest absolute Gasteiger partial charge is 0.466 e. The van der Waals surface area contributed by atoms with Crippen LogP contribution in [0.25, 0.3) is 0 Å². The Hall–Kier alpha value is -2.62. The quantitative estimate of drug-likeness (QED) is 0.504. The topological polar surface area (TPSA) is 84.0 Å². The predicted octanol–water partition coefficient (Wildman–Crippen LogP) is 1.46. The molecule has 1 spiro atoms. The molecule has 3 fully saturated rings. The van der Waals surface area contributed by atoms with E-state index in [1.807, 2.05) is 4.90 Å². The van der Waals surface area contributed by atoms with Gasteiger partial charge in [0.2, 0.25) is 11.8 Å². The molecule has 1 saturated carbocycles. The van der Waals surface area contributed by atoms with Gasteiger partial charge in [0.15, 0.2) is 5.78 Å². The molecule has 0 unspecified atom stereocenters. The normalized spacial score (nSPS) is 33.5. The molecule has 30 heavy (non-hydrogen) atoms. The van der Waals surface area contributed by atoms with Crippen LogP contribution in [0.15, 0.2) is 12.2 Å². The van der Waals surface area contributed by atoms with Gasteiger partial charge in [-0.05, 0) is 25.8 Å². The maximum atomic E-state index is 13.7. The summed E-state index contributed by atoms with van der Waals surface area (Å²) in [4.78, 5) is 55.2. The summed E-state index contributed by atoms with van der Waals surface area (Å²) in [7, 11) is 0. The van der Waals surface area contributed by atoms with Gasteiger partial charge >= 0.3 is 5.97 Å². The summed E-state index contributed by atoms with van der Waals surface area (Å²) in [5.74, 6) is 0.765. The van der Waals surface area contributed by atoms with Crippen molar-refractivity contribution >= 4 is 23.6 Å². The summed E-state index contributed by atoms with van der Waals surface area (Å²) >= 11 is 0. The van der Waals surface area contributed by atoms with Gasteiger partial charge in [-0.3, -0.25) is 19.2 Å². The van der Waals surface area contributed by atoms with Crippen LogP contribution >= 0.6 is 0 Å². The second-order valence-electron chi connectivity index (χ2n) is 8.69. The van der Waals surface area contributed by atoms with Crippen LogP contribution < -0.4 is 0 Å². The smallest absolute Gasteiger partial charge is 0.306 e. The van der Waals surface area contributed by atoms with Crippen LogP contribution in [0.2, 0.25) is 0 Å². The summed E-state index contributed by atoms with van der Waals surface area (Å²) < 4.78 is 5.12. The SMILES string of the molecule is C#CCN1C(=O)[C@@H](CC(=O)OCC)[C@]23C=CC(=O)C[C@H]2N(C2CCCCC2)C(=O)[C@H]13. The average molecular weight is 412 g/mol. The molecule has 4 rings (SSSR count). The monoisotopic (exact) mass is 412 g/mol. The lowest BCUT2D eigenvalue weighted by atomic mass is 9.65. The second kappa shape index (κ2) is 7.90. The van der Waals surface area contributed by atoms with Crippen molar-refractivity contribution in [3.8, 4) is 12.3 Å². The van der Waals surface area contributed by atoms with E-state index in [2.05, 4.69) is 5.92 Å². The summed E-state index contributed by atoms with van der Waals surface area (Å²) in [5.41, 5.74) is -0.927. The predicted molar refractivity (Wildman–Crippen MR) is 108 cm³/mol. The van der Waals surface area contributed by atoms with E-state index < -0.39 is 29.4 Å². The Bertz CT molecular complexity index is 837. The third kappa shape index (κ3) is 2.96. The molecule has 2 aliphatic carbocycles. The standard InChI is InChI=1S/C23H28N2O5/c1-3-12-24-20-22(29)25(15-8-6-5-7-9-15)18-13-16(26)10-11-23(18,20)17(21(24)28)14-19(27)30-4-2/h1,10-11,15,17-18,20H,4-9,12-14H2,2H3/t17-,18-,20+,23-/m1/s1. The lowest BCUT2D eigenvalue weighted by molar-refractivity contribution is -0.149. The number of amides is 2. The molecule has 160 valence electrons. The Morgan fingerprint density at radius 2 is 1.97 bits per heavy atom. The molecule has 4 aliphatic rings. The minimum absolute atomic E-state index is 0.00330. The van der Waals surface area contributed by atoms with Crippen molar-refractivity contribution in [1.29, 1.82) is 0 Å². The van der Waals surface area contributed by atoms with E-state index in [9.17, 15) is 19.2 Å². The zero-order valence-corrected chi connectivity index (χ0v) is 17.3. The average Bonchev–Trinajstić information content (AvgIpc) is 3.11. The first kappa shape index (κ1) is 20.6. The highest BCUT2D eigenvalue weighted by molar-refractivity contribution is 6.02. The van der Waals surface area contributed by atoms with E-state index in [1.165, 1.54) is 11.0 Å². The molecular formula is C23H28N2O5. The number of rotatable bonds is 5. The minimum atomic E-state index is -0.927. The summed E-state index contributed by atoms with van der Waals surface area (Å²) in [5, 5.41) is 0. The molecule has 0 N–H and O–H groups in total. The van der Waals surface area contributed by atoms with Crippen LogP contribution in [0.1, 0.15) is 51.9 Å². The van der Waals surface area contributed by atoms with Gasteiger partial charge in [0.25, 0.3) is 0 Å². The third-order valence-corrected chi connectivity index (χ3v) is 7.23. The fourth-order valence-electron chi connectivity index (χ4n) is 6.10. The number of hydrogen-bond acceptors (Lipinski definition) is 5. The number of likely N-dealkylation sites (tertiary alicyclic amines) is 2. The van der Waals surface area contributed by atoms with Crippen molar-refractivity contribution in [3.05, 3.63) is 12.2 Å². The van der Waals surface area contributed by atoms with Crippen LogP contribution in [0.5, 0.6) is 0 Å². The van der Waals surface area contributed by atoms with Crippen LogP contribution in [-0.2, 0) is 23.9 Å². The molecule has 0 aromatic heterocycles. The second-order valence-corrected chi connectivity index (χ2v) is 8.69. The van der Waals surface area contributed by atoms with Crippen molar-refractivity contribution in [1.82, 2.24) is 9.80 Å². The zero-order chi connectivity index (χ0) is 21.5. The van der Waals surface area contributed by atoms with Gasteiger partial charge in [-0.2, -0.15) is 0 Å². The minimum Gasteiger partial charge on any atom is -0.466 e. The highest BCUT2D eigenvalue weighted by Gasteiger charge is 2.71. The molecule has 2 saturated heterocycles. The molecule has 2 amide bonds. The van der Waals surface area contributed by atoms with Crippen molar-refractivity contribution < 1.29 is 23.9 Å². The van der Waals surface area contributed by atoms with Crippen molar-refractivity contribution in [3.63, 3.8) is 0 Å². The first-order valence-electron chi connectivity index (χ1n) is 10.9. The van der Waals surface area contributed by atoms with Crippen molar-refractivity contribution in [2.24, 2.45) is 11.3 Å². The van der Waals surface area contributed by atoms with E-state index in [0.29, 0.717) is 0 Å². The Morgan fingerprint density at radius 1 is 1.23 bits per heavy atom. The Labute approximate surface area is 176 Å². The van der Waals surface area contributed by atoms with Crippen LogP contribution in [0.4, 0.5) is 0 Å². The lowest BCUT2D eigenvalue weighted by Crippen LogP contribution is -2.51. The maximum absolute atomic E-state index is 13.7. The number of carbonyl (C=O) groups is 4. The van der Waals surface area contributed by atoms with Gasteiger partial charge in [-0.1, -0.05) is 31.3 Å². The molecule has 7 heteroatoms. The first-order chi connectivity index (χ1) is 14.5. The Kier molecular flexibility index (Phi) is 5.44. The third-order valence-electron chi connectivity index (χ3n) is 7.23. The number of terminal acetylenes is 1. The summed E-state index contributed by atoms with van der Waals surface area (Å²) in [6.45, 7) is 1.93. The highest BCUT2D eigenvalue weighted by Crippen LogP contribution is 2.57. The fraction of sp³-hybridized carbons (Fsp3) is 0.652. The Balaban J connectivity index is 1.81. The van der Waals surface area contributed by atoms with Gasteiger partial charge in [-0.25, -0.2) is 0 Å². The van der Waals surface area contributed by atoms with Crippen molar-refractivity contribution in [2.75, 3.05) is 13.2 Å². The first-order valence-corrected chi connectivity index (χ1v) is 10.9. The number of esters is 1. The van der Waals surface area contributed by atoms with Crippen LogP contribution in [0.3, 0.4) is 0 Å². The molecule has 0 aromatic rings. The van der Waals surface area contributed by atoms with E-state index >= 15 is 0 Å². The van der Waals surface area contributed by atoms with E-state index in [1.54, 1.807) is 13.0 Å². The molecule has 2 aliphatic heterocycles. The van der Waals surface area contributed by atoms with Gasteiger partial charge in [0.1, 0.15) is 6.04 Å². The van der Waals surface area contributed by atoms with Crippen LogP contribution in [-0.4, -0.2) is 64.6 Å². The molecular weight excluding hydrogens is 384 g/mol. The number of ketones is 1. The van der Waals surface area contributed by atoms with Gasteiger partial charge in [-0.15, -0.1) is 6.42 Å². The maximum Gasteiger partial charge on any atom is 0.306 e. The number of ether oxygens (including phenoxy) is 1. The van der Waals surface area contributed by atoms with E-state index in [-0.39, 0.29) is 49.6 Å². The molecule has 2 heterocycles. The molecule has 0 bridgehead atoms. The number of carbonyl (C=O) groups excluding carboxylic acids is 4. The molecule has 0 radical (unpaired) electrons. The lowest BCUT2D eigenvalue weighted by Gasteiger charge is -2.43.